The van der Waals surface area contributed by atoms with Crippen LogP contribution in [0.2, 0.25) is 5.02 Å². The topological polar surface area (TPSA) is 51.2 Å². The molecule has 0 heterocycles. The molecule has 0 saturated carbocycles. The van der Waals surface area contributed by atoms with Gasteiger partial charge in [-0.2, -0.15) is 0 Å². The minimum atomic E-state index is -3.01. The fourth-order valence-corrected chi connectivity index (χ4v) is 2.39. The maximum Gasteiger partial charge on any atom is 0.164 e. The van der Waals surface area contributed by atoms with Crippen molar-refractivity contribution >= 4 is 27.2 Å². The molecule has 0 spiro atoms. The highest BCUT2D eigenvalue weighted by molar-refractivity contribution is 7.90. The Morgan fingerprint density at radius 2 is 2.00 bits per heavy atom. The maximum atomic E-state index is 11.8. The van der Waals surface area contributed by atoms with Crippen LogP contribution >= 0.6 is 11.6 Å². The minimum absolute atomic E-state index is 0.0299. The zero-order chi connectivity index (χ0) is 13.1. The van der Waals surface area contributed by atoms with Crippen molar-refractivity contribution in [1.82, 2.24) is 0 Å². The number of ketones is 1. The molecule has 0 aliphatic carbocycles. The number of sulfone groups is 1. The number of Topliss-reactive ketones (excluding diaryl/α,β-unsaturated/α-hetero) is 1. The van der Waals surface area contributed by atoms with Gasteiger partial charge in [0, 0.05) is 18.2 Å². The molecular weight excluding hydrogens is 260 g/mol. The first-order valence-corrected chi connectivity index (χ1v) is 7.71. The van der Waals surface area contributed by atoms with Crippen molar-refractivity contribution in [1.29, 1.82) is 0 Å². The van der Waals surface area contributed by atoms with Crippen LogP contribution in [-0.2, 0) is 9.84 Å². The summed E-state index contributed by atoms with van der Waals surface area (Å²) >= 11 is 6.02. The van der Waals surface area contributed by atoms with Gasteiger partial charge in [0.25, 0.3) is 0 Å². The summed E-state index contributed by atoms with van der Waals surface area (Å²) in [6, 6.07) is 5.26. The van der Waals surface area contributed by atoms with Gasteiger partial charge in [-0.05, 0) is 25.0 Å². The van der Waals surface area contributed by atoms with Gasteiger partial charge in [0.1, 0.15) is 9.84 Å². The van der Waals surface area contributed by atoms with Gasteiger partial charge in [0.05, 0.1) is 10.8 Å². The molecular formula is C12H15ClO3S. The minimum Gasteiger partial charge on any atom is -0.294 e. The molecule has 1 aromatic rings. The molecule has 1 aromatic carbocycles. The molecule has 17 heavy (non-hydrogen) atoms. The van der Waals surface area contributed by atoms with Gasteiger partial charge < -0.3 is 0 Å². The molecule has 94 valence electrons. The fraction of sp³-hybridized carbons (Fsp3) is 0.417. The van der Waals surface area contributed by atoms with Crippen molar-refractivity contribution in [2.24, 2.45) is 0 Å². The van der Waals surface area contributed by atoms with E-state index in [1.165, 1.54) is 0 Å². The van der Waals surface area contributed by atoms with Crippen LogP contribution in [0.15, 0.2) is 18.2 Å². The molecule has 0 aliphatic rings. The van der Waals surface area contributed by atoms with Gasteiger partial charge in [-0.25, -0.2) is 8.42 Å². The molecule has 0 amide bonds. The van der Waals surface area contributed by atoms with Crippen LogP contribution < -0.4 is 0 Å². The second kappa shape index (κ2) is 5.65. The van der Waals surface area contributed by atoms with Crippen molar-refractivity contribution in [2.75, 3.05) is 12.0 Å². The van der Waals surface area contributed by atoms with Crippen LogP contribution in [0.1, 0.15) is 28.8 Å². The van der Waals surface area contributed by atoms with Crippen molar-refractivity contribution in [3.8, 4) is 0 Å². The molecule has 0 radical (unpaired) electrons. The number of rotatable bonds is 5. The van der Waals surface area contributed by atoms with Gasteiger partial charge in [-0.1, -0.05) is 23.7 Å². The zero-order valence-electron chi connectivity index (χ0n) is 9.86. The first kappa shape index (κ1) is 14.2. The second-order valence-electron chi connectivity index (χ2n) is 4.09. The van der Waals surface area contributed by atoms with E-state index in [2.05, 4.69) is 0 Å². The summed E-state index contributed by atoms with van der Waals surface area (Å²) in [6.07, 6.45) is 1.70. The van der Waals surface area contributed by atoms with Gasteiger partial charge >= 0.3 is 0 Å². The second-order valence-corrected chi connectivity index (χ2v) is 6.73. The largest absolute Gasteiger partial charge is 0.294 e. The normalized spacial score (nSPS) is 11.5. The molecule has 0 bridgehead atoms. The molecule has 0 N–H and O–H groups in total. The molecule has 0 saturated heterocycles. The average molecular weight is 275 g/mol. The molecule has 3 nitrogen and oxygen atoms in total. The lowest BCUT2D eigenvalue weighted by Gasteiger charge is -2.05. The fourth-order valence-electron chi connectivity index (χ4n) is 1.49. The summed E-state index contributed by atoms with van der Waals surface area (Å²) in [5.41, 5.74) is 1.32. The van der Waals surface area contributed by atoms with Crippen LogP contribution in [0.4, 0.5) is 0 Å². The first-order valence-electron chi connectivity index (χ1n) is 5.27. The third-order valence-electron chi connectivity index (χ3n) is 2.41. The number of hydrogen-bond donors (Lipinski definition) is 0. The average Bonchev–Trinajstić information content (AvgIpc) is 2.20. The third kappa shape index (κ3) is 4.48. The van der Waals surface area contributed by atoms with Crippen LogP contribution in [0, 0.1) is 6.92 Å². The zero-order valence-corrected chi connectivity index (χ0v) is 11.4. The van der Waals surface area contributed by atoms with Gasteiger partial charge in [0.2, 0.25) is 0 Å². The molecule has 0 atom stereocenters. The quantitative estimate of drug-likeness (QED) is 0.776. The van der Waals surface area contributed by atoms with Crippen molar-refractivity contribution < 1.29 is 13.2 Å². The van der Waals surface area contributed by atoms with E-state index in [-0.39, 0.29) is 18.0 Å². The van der Waals surface area contributed by atoms with Crippen LogP contribution in [0.5, 0.6) is 0 Å². The Hall–Kier alpha value is -0.870. The summed E-state index contributed by atoms with van der Waals surface area (Å²) in [6.45, 7) is 1.83. The van der Waals surface area contributed by atoms with Gasteiger partial charge in [-0.15, -0.1) is 0 Å². The Kier molecular flexibility index (Phi) is 4.71. The van der Waals surface area contributed by atoms with Crippen LogP contribution in [0.25, 0.3) is 0 Å². The maximum absolute atomic E-state index is 11.8. The predicted molar refractivity (Wildman–Crippen MR) is 69.5 cm³/mol. The lowest BCUT2D eigenvalue weighted by atomic mass is 10.0. The van der Waals surface area contributed by atoms with E-state index < -0.39 is 9.84 Å². The van der Waals surface area contributed by atoms with E-state index in [9.17, 15) is 13.2 Å². The van der Waals surface area contributed by atoms with Crippen molar-refractivity contribution in [2.45, 2.75) is 19.8 Å². The molecule has 5 heteroatoms. The highest BCUT2D eigenvalue weighted by Gasteiger charge is 2.12. The van der Waals surface area contributed by atoms with Crippen LogP contribution in [-0.4, -0.2) is 26.2 Å². The molecule has 0 unspecified atom stereocenters. The molecule has 0 aliphatic heterocycles. The Morgan fingerprint density at radius 1 is 1.35 bits per heavy atom. The van der Waals surface area contributed by atoms with Crippen molar-refractivity contribution in [3.05, 3.63) is 34.3 Å². The standard InChI is InChI=1S/C12H15ClO3S/c1-9-5-3-6-10(12(9)13)11(14)7-4-8-17(2,15)16/h3,5-6H,4,7-8H2,1-2H3. The molecule has 0 aromatic heterocycles. The number of aryl methyl sites for hydroxylation is 1. The van der Waals surface area contributed by atoms with Gasteiger partial charge in [0.15, 0.2) is 5.78 Å². The summed E-state index contributed by atoms with van der Waals surface area (Å²) in [7, 11) is -3.01. The highest BCUT2D eigenvalue weighted by Crippen LogP contribution is 2.22. The van der Waals surface area contributed by atoms with Crippen LogP contribution in [0.3, 0.4) is 0 Å². The first-order chi connectivity index (χ1) is 7.81. The summed E-state index contributed by atoms with van der Waals surface area (Å²) in [4.78, 5) is 11.8. The van der Waals surface area contributed by atoms with E-state index in [1.807, 2.05) is 13.0 Å². The van der Waals surface area contributed by atoms with E-state index in [0.717, 1.165) is 11.8 Å². The number of halogens is 1. The Labute approximate surface area is 107 Å². The Morgan fingerprint density at radius 3 is 2.59 bits per heavy atom. The summed E-state index contributed by atoms with van der Waals surface area (Å²) in [5, 5.41) is 0.455. The summed E-state index contributed by atoms with van der Waals surface area (Å²) < 4.78 is 21.9. The number of carbonyl (C=O) groups is 1. The van der Waals surface area contributed by atoms with E-state index >= 15 is 0 Å². The lowest BCUT2D eigenvalue weighted by Crippen LogP contribution is -2.07. The predicted octanol–water partition coefficient (Wildman–Crippen LogP) is 2.66. The number of benzene rings is 1. The number of carbonyl (C=O) groups excluding carboxylic acids is 1. The lowest BCUT2D eigenvalue weighted by molar-refractivity contribution is 0.0982. The molecule has 0 fully saturated rings. The SMILES string of the molecule is Cc1cccc(C(=O)CCCS(C)(=O)=O)c1Cl. The monoisotopic (exact) mass is 274 g/mol. The molecule has 1 rings (SSSR count). The van der Waals surface area contributed by atoms with Gasteiger partial charge in [-0.3, -0.25) is 4.79 Å². The third-order valence-corrected chi connectivity index (χ3v) is 3.94. The van der Waals surface area contributed by atoms with E-state index in [1.54, 1.807) is 12.1 Å². The van der Waals surface area contributed by atoms with Crippen molar-refractivity contribution in [3.63, 3.8) is 0 Å². The smallest absolute Gasteiger partial charge is 0.164 e. The highest BCUT2D eigenvalue weighted by atomic mass is 35.5. The van der Waals surface area contributed by atoms with E-state index in [4.69, 9.17) is 11.6 Å². The Bertz CT molecular complexity index is 521. The Balaban J connectivity index is 2.68. The van der Waals surface area contributed by atoms with E-state index in [0.29, 0.717) is 17.0 Å². The number of hydrogen-bond acceptors (Lipinski definition) is 3. The summed E-state index contributed by atoms with van der Waals surface area (Å²) in [5.74, 6) is -0.0790.